The summed E-state index contributed by atoms with van der Waals surface area (Å²) in [4.78, 5) is 12.3. The fourth-order valence-corrected chi connectivity index (χ4v) is 1.52. The number of terminal acetylenes is 1. The van der Waals surface area contributed by atoms with Crippen LogP contribution in [0.1, 0.15) is 6.92 Å². The average Bonchev–Trinajstić information content (AvgIpc) is 2.47. The fourth-order valence-electron chi connectivity index (χ4n) is 1.52. The predicted octanol–water partition coefficient (Wildman–Crippen LogP) is 0.979. The van der Waals surface area contributed by atoms with Crippen LogP contribution in [0.25, 0.3) is 0 Å². The molecule has 1 amide bonds. The van der Waals surface area contributed by atoms with Crippen LogP contribution in [0.3, 0.4) is 0 Å². The number of hydrogen-bond donors (Lipinski definition) is 0. The molecule has 1 rings (SSSR count). The molecule has 1 heterocycles. The normalized spacial score (nSPS) is 27.8. The Morgan fingerprint density at radius 3 is 2.54 bits per heavy atom. The molecule has 0 radical (unpaired) electrons. The first-order valence-corrected chi connectivity index (χ1v) is 4.06. The molecule has 1 aliphatic rings. The second-order valence-corrected chi connectivity index (χ2v) is 3.20. The van der Waals surface area contributed by atoms with Gasteiger partial charge in [0.25, 0.3) is 0 Å². The number of nitrogens with zero attached hydrogens (tertiary/aromatic N) is 1. The Hall–Kier alpha value is -1.11. The van der Waals surface area contributed by atoms with Gasteiger partial charge in [-0.1, -0.05) is 0 Å². The van der Waals surface area contributed by atoms with Crippen molar-refractivity contribution in [2.45, 2.75) is 13.3 Å². The van der Waals surface area contributed by atoms with Crippen molar-refractivity contribution in [3.8, 4) is 12.3 Å². The Balaban J connectivity index is 2.68. The Kier molecular flexibility index (Phi) is 2.86. The van der Waals surface area contributed by atoms with E-state index in [1.165, 1.54) is 11.8 Å². The third-order valence-electron chi connectivity index (χ3n) is 2.35. The number of rotatable bonds is 1. The third-order valence-corrected chi connectivity index (χ3v) is 2.35. The van der Waals surface area contributed by atoms with Gasteiger partial charge >= 0.3 is 0 Å². The second kappa shape index (κ2) is 3.73. The smallest absolute Gasteiger partial charge is 0.244 e. The van der Waals surface area contributed by atoms with Crippen LogP contribution in [0.2, 0.25) is 0 Å². The molecule has 4 heteroatoms. The number of halogens is 2. The lowest BCUT2D eigenvalue weighted by molar-refractivity contribution is -0.128. The van der Waals surface area contributed by atoms with Crippen LogP contribution >= 0.6 is 0 Å². The van der Waals surface area contributed by atoms with E-state index in [2.05, 4.69) is 5.92 Å². The van der Waals surface area contributed by atoms with Crippen molar-refractivity contribution in [3.05, 3.63) is 0 Å². The molecule has 0 aromatic heterocycles. The van der Waals surface area contributed by atoms with Gasteiger partial charge < -0.3 is 4.90 Å². The van der Waals surface area contributed by atoms with Crippen molar-refractivity contribution in [3.63, 3.8) is 0 Å². The number of amides is 1. The standard InChI is InChI=1S/C9H11F2NO/c1-3-7-4-12(6(2)13)5-8(7)9(10)11/h1,7-9H,4-5H2,2H3/t7-,8-/m1/s1. The molecule has 13 heavy (non-hydrogen) atoms. The summed E-state index contributed by atoms with van der Waals surface area (Å²) in [7, 11) is 0. The van der Waals surface area contributed by atoms with Crippen molar-refractivity contribution in [2.75, 3.05) is 13.1 Å². The maximum absolute atomic E-state index is 12.4. The number of hydrogen-bond acceptors (Lipinski definition) is 1. The summed E-state index contributed by atoms with van der Waals surface area (Å²) in [5.74, 6) is 0.766. The Bertz CT molecular complexity index is 246. The van der Waals surface area contributed by atoms with Gasteiger partial charge in [-0.05, 0) is 0 Å². The number of carbonyl (C=O) groups is 1. The maximum Gasteiger partial charge on any atom is 0.244 e. The van der Waals surface area contributed by atoms with Gasteiger partial charge in [-0.3, -0.25) is 4.79 Å². The van der Waals surface area contributed by atoms with Crippen LogP contribution in [-0.4, -0.2) is 30.3 Å². The van der Waals surface area contributed by atoms with E-state index in [1.54, 1.807) is 0 Å². The largest absolute Gasteiger partial charge is 0.341 e. The summed E-state index contributed by atoms with van der Waals surface area (Å²) in [5, 5.41) is 0. The van der Waals surface area contributed by atoms with Gasteiger partial charge in [0, 0.05) is 25.9 Å². The molecule has 72 valence electrons. The third kappa shape index (κ3) is 1.97. The highest BCUT2D eigenvalue weighted by Gasteiger charge is 2.38. The Morgan fingerprint density at radius 2 is 2.23 bits per heavy atom. The highest BCUT2D eigenvalue weighted by atomic mass is 19.3. The van der Waals surface area contributed by atoms with Crippen LogP contribution in [-0.2, 0) is 4.79 Å². The Morgan fingerprint density at radius 1 is 1.62 bits per heavy atom. The lowest BCUT2D eigenvalue weighted by Gasteiger charge is -2.12. The molecule has 0 aromatic carbocycles. The van der Waals surface area contributed by atoms with E-state index in [9.17, 15) is 13.6 Å². The summed E-state index contributed by atoms with van der Waals surface area (Å²) in [6.45, 7) is 1.71. The molecule has 0 unspecified atom stereocenters. The van der Waals surface area contributed by atoms with Gasteiger partial charge in [0.1, 0.15) is 0 Å². The predicted molar refractivity (Wildman–Crippen MR) is 44.1 cm³/mol. The molecule has 2 nitrogen and oxygen atoms in total. The molecule has 1 aliphatic heterocycles. The topological polar surface area (TPSA) is 20.3 Å². The van der Waals surface area contributed by atoms with Crippen molar-refractivity contribution < 1.29 is 13.6 Å². The second-order valence-electron chi connectivity index (χ2n) is 3.20. The highest BCUT2D eigenvalue weighted by Crippen LogP contribution is 2.28. The molecular formula is C9H11F2NO. The molecule has 1 fully saturated rings. The highest BCUT2D eigenvalue weighted by molar-refractivity contribution is 5.73. The first kappa shape index (κ1) is 9.97. The van der Waals surface area contributed by atoms with E-state index in [1.807, 2.05) is 0 Å². The van der Waals surface area contributed by atoms with E-state index >= 15 is 0 Å². The molecule has 1 saturated heterocycles. The van der Waals surface area contributed by atoms with E-state index in [-0.39, 0.29) is 19.0 Å². The minimum atomic E-state index is -2.44. The van der Waals surface area contributed by atoms with Gasteiger partial charge in [0.05, 0.1) is 5.92 Å². The molecule has 0 aliphatic carbocycles. The SMILES string of the molecule is C#C[C@@H]1CN(C(C)=O)C[C@H]1C(F)F. The molecule has 2 atom stereocenters. The number of alkyl halides is 2. The van der Waals surface area contributed by atoms with Crippen LogP contribution < -0.4 is 0 Å². The van der Waals surface area contributed by atoms with Crippen LogP contribution in [0.15, 0.2) is 0 Å². The van der Waals surface area contributed by atoms with Crippen molar-refractivity contribution >= 4 is 5.91 Å². The first-order valence-electron chi connectivity index (χ1n) is 4.06. The number of carbonyl (C=O) groups excluding carboxylic acids is 1. The quantitative estimate of drug-likeness (QED) is 0.560. The summed E-state index contributed by atoms with van der Waals surface area (Å²) in [6.07, 6.45) is 2.66. The van der Waals surface area contributed by atoms with Crippen LogP contribution in [0.5, 0.6) is 0 Å². The minimum absolute atomic E-state index is 0.0852. The van der Waals surface area contributed by atoms with Gasteiger partial charge in [0.15, 0.2) is 0 Å². The van der Waals surface area contributed by atoms with Gasteiger partial charge in [-0.2, -0.15) is 0 Å². The fraction of sp³-hybridized carbons (Fsp3) is 0.667. The van der Waals surface area contributed by atoms with E-state index in [4.69, 9.17) is 6.42 Å². The van der Waals surface area contributed by atoms with E-state index in [0.29, 0.717) is 0 Å². The summed E-state index contributed by atoms with van der Waals surface area (Å²) in [5.41, 5.74) is 0. The monoisotopic (exact) mass is 187 g/mol. The van der Waals surface area contributed by atoms with E-state index in [0.717, 1.165) is 0 Å². The first-order chi connectivity index (χ1) is 6.06. The summed E-state index contributed by atoms with van der Waals surface area (Å²) in [6, 6.07) is 0. The number of likely N-dealkylation sites (tertiary alicyclic amines) is 1. The molecule has 0 aromatic rings. The minimum Gasteiger partial charge on any atom is -0.341 e. The van der Waals surface area contributed by atoms with Gasteiger partial charge in [-0.15, -0.1) is 12.3 Å². The zero-order valence-corrected chi connectivity index (χ0v) is 7.34. The van der Waals surface area contributed by atoms with E-state index < -0.39 is 18.3 Å². The molecule has 0 bridgehead atoms. The lowest BCUT2D eigenvalue weighted by atomic mass is 9.98. The van der Waals surface area contributed by atoms with Crippen molar-refractivity contribution in [1.29, 1.82) is 0 Å². The summed E-state index contributed by atoms with van der Waals surface area (Å²) < 4.78 is 24.8. The van der Waals surface area contributed by atoms with Crippen LogP contribution in [0.4, 0.5) is 8.78 Å². The molecule has 0 saturated carbocycles. The summed E-state index contributed by atoms with van der Waals surface area (Å²) >= 11 is 0. The Labute approximate surface area is 75.9 Å². The lowest BCUT2D eigenvalue weighted by Crippen LogP contribution is -2.27. The zero-order valence-electron chi connectivity index (χ0n) is 7.34. The average molecular weight is 187 g/mol. The van der Waals surface area contributed by atoms with Crippen molar-refractivity contribution in [1.82, 2.24) is 4.90 Å². The van der Waals surface area contributed by atoms with Crippen LogP contribution in [0, 0.1) is 24.2 Å². The molecule has 0 spiro atoms. The maximum atomic E-state index is 12.4. The molecular weight excluding hydrogens is 176 g/mol. The van der Waals surface area contributed by atoms with Crippen molar-refractivity contribution in [2.24, 2.45) is 11.8 Å². The van der Waals surface area contributed by atoms with Gasteiger partial charge in [-0.25, -0.2) is 8.78 Å². The zero-order chi connectivity index (χ0) is 10.0. The molecule has 0 N–H and O–H groups in total. The van der Waals surface area contributed by atoms with Gasteiger partial charge in [0.2, 0.25) is 12.3 Å².